The first-order valence-corrected chi connectivity index (χ1v) is 18.5. The number of carbonyl (C=O) groups excluding carboxylic acids is 3. The summed E-state index contributed by atoms with van der Waals surface area (Å²) in [6.45, 7) is 9.67. The zero-order valence-corrected chi connectivity index (χ0v) is 31.6. The highest BCUT2D eigenvalue weighted by Gasteiger charge is 2.35. The summed E-state index contributed by atoms with van der Waals surface area (Å²) >= 11 is 7.05. The fourth-order valence-electron chi connectivity index (χ4n) is 5.69. The molecule has 0 radical (unpaired) electrons. The number of allylic oxidation sites excluding steroid dienone is 5. The van der Waals surface area contributed by atoms with Gasteiger partial charge in [0.2, 0.25) is 5.91 Å². The van der Waals surface area contributed by atoms with Gasteiger partial charge in [-0.1, -0.05) is 127 Å². The van der Waals surface area contributed by atoms with Gasteiger partial charge in [-0.15, -0.1) is 6.58 Å². The Morgan fingerprint density at radius 2 is 1.65 bits per heavy atom. The summed E-state index contributed by atoms with van der Waals surface area (Å²) in [5.41, 5.74) is 4.31. The summed E-state index contributed by atoms with van der Waals surface area (Å²) in [6, 6.07) is 29.8. The number of nitrogens with zero attached hydrogens (tertiary/aromatic N) is 2. The number of rotatable bonds is 15. The first-order valence-electron chi connectivity index (χ1n) is 17.1. The van der Waals surface area contributed by atoms with E-state index in [1.807, 2.05) is 78.9 Å². The second kappa shape index (κ2) is 19.3. The number of hydrogen-bond donors (Lipinski definition) is 1. The number of thioether (sulfide) groups is 1. The van der Waals surface area contributed by atoms with E-state index in [1.165, 1.54) is 18.1 Å². The van der Waals surface area contributed by atoms with Gasteiger partial charge in [0.05, 0.1) is 18.9 Å². The minimum absolute atomic E-state index is 0.0750. The fourth-order valence-corrected chi connectivity index (χ4v) is 6.62. The molecule has 0 aromatic heterocycles. The van der Waals surface area contributed by atoms with Gasteiger partial charge < -0.3 is 14.8 Å². The molecular formula is C44H40ClN3O5S. The Morgan fingerprint density at radius 1 is 0.981 bits per heavy atom. The van der Waals surface area contributed by atoms with Crippen molar-refractivity contribution in [2.75, 3.05) is 12.9 Å². The largest absolute Gasteiger partial charge is 0.493 e. The van der Waals surface area contributed by atoms with Crippen LogP contribution < -0.4 is 14.8 Å². The third-order valence-corrected chi connectivity index (χ3v) is 9.45. The third kappa shape index (κ3) is 9.95. The van der Waals surface area contributed by atoms with Crippen molar-refractivity contribution >= 4 is 52.3 Å². The van der Waals surface area contributed by atoms with Crippen molar-refractivity contribution in [3.05, 3.63) is 185 Å². The standard InChI is InChI=1S/C44H40ClN3O5S/c1-5-8-20-36(7-3)48-43(51)37(26-31-25-34(15-6-2)41(38(27-31)52-4)53-28-30-21-23-35(45)24-22-30)42(50)47-44(48)54-29-39(49)46-40(32-16-11-9-12-17-32)33-18-13-10-14-19-33/h5-14,16-27,40H,1-2,15,28-29H2,3-4H3,(H,46,49)/b20-8-,36-7+,37-26+. The molecule has 0 bridgehead atoms. The summed E-state index contributed by atoms with van der Waals surface area (Å²) in [7, 11) is 1.52. The molecule has 1 N–H and O–H groups in total. The zero-order chi connectivity index (χ0) is 38.5. The normalized spacial score (nSPS) is 14.0. The van der Waals surface area contributed by atoms with Crippen LogP contribution in [0, 0.1) is 0 Å². The molecule has 0 unspecified atom stereocenters. The number of hydrogen-bond acceptors (Lipinski definition) is 6. The van der Waals surface area contributed by atoms with E-state index in [9.17, 15) is 14.4 Å². The minimum atomic E-state index is -0.735. The Hall–Kier alpha value is -5.90. The van der Waals surface area contributed by atoms with E-state index in [2.05, 4.69) is 23.5 Å². The van der Waals surface area contributed by atoms with Gasteiger partial charge in [0.1, 0.15) is 12.2 Å². The molecule has 0 aliphatic carbocycles. The Kier molecular flexibility index (Phi) is 14.0. The maximum absolute atomic E-state index is 14.3. The van der Waals surface area contributed by atoms with Crippen molar-refractivity contribution in [3.8, 4) is 11.5 Å². The van der Waals surface area contributed by atoms with Gasteiger partial charge in [0, 0.05) is 16.3 Å². The molecular weight excluding hydrogens is 718 g/mol. The van der Waals surface area contributed by atoms with Crippen LogP contribution in [0.15, 0.2) is 157 Å². The lowest BCUT2D eigenvalue weighted by atomic mass is 9.99. The van der Waals surface area contributed by atoms with Gasteiger partial charge >= 0.3 is 0 Å². The average Bonchev–Trinajstić information content (AvgIpc) is 3.19. The lowest BCUT2D eigenvalue weighted by Crippen LogP contribution is -2.42. The zero-order valence-electron chi connectivity index (χ0n) is 30.0. The molecule has 1 aliphatic heterocycles. The maximum atomic E-state index is 14.3. The molecule has 8 nitrogen and oxygen atoms in total. The Balaban J connectivity index is 1.44. The molecule has 4 aromatic carbocycles. The minimum Gasteiger partial charge on any atom is -0.493 e. The van der Waals surface area contributed by atoms with Crippen LogP contribution in [-0.4, -0.2) is 40.7 Å². The number of halogens is 1. The van der Waals surface area contributed by atoms with E-state index >= 15 is 0 Å². The van der Waals surface area contributed by atoms with Crippen LogP contribution in [0.4, 0.5) is 0 Å². The van der Waals surface area contributed by atoms with Crippen molar-refractivity contribution in [3.63, 3.8) is 0 Å². The van der Waals surface area contributed by atoms with Gasteiger partial charge in [-0.2, -0.15) is 4.99 Å². The molecule has 0 fully saturated rings. The molecule has 0 saturated heterocycles. The molecule has 0 saturated carbocycles. The molecule has 0 spiro atoms. The van der Waals surface area contributed by atoms with E-state index in [0.717, 1.165) is 34.0 Å². The Morgan fingerprint density at radius 3 is 2.24 bits per heavy atom. The molecule has 54 heavy (non-hydrogen) atoms. The predicted molar refractivity (Wildman–Crippen MR) is 218 cm³/mol. The van der Waals surface area contributed by atoms with Gasteiger partial charge in [-0.05, 0) is 72.0 Å². The predicted octanol–water partition coefficient (Wildman–Crippen LogP) is 9.05. The number of nitrogens with one attached hydrogen (secondary N) is 1. The number of amides is 3. The average molecular weight is 758 g/mol. The molecule has 0 atom stereocenters. The van der Waals surface area contributed by atoms with E-state index < -0.39 is 17.9 Å². The molecule has 10 heteroatoms. The first-order chi connectivity index (χ1) is 26.3. The second-order valence-electron chi connectivity index (χ2n) is 11.9. The summed E-state index contributed by atoms with van der Waals surface area (Å²) in [6.07, 6.45) is 10.3. The topological polar surface area (TPSA) is 97.3 Å². The van der Waals surface area contributed by atoms with Gasteiger partial charge in [-0.3, -0.25) is 19.3 Å². The van der Waals surface area contributed by atoms with Crippen LogP contribution in [0.2, 0.25) is 5.02 Å². The lowest BCUT2D eigenvalue weighted by molar-refractivity contribution is -0.126. The van der Waals surface area contributed by atoms with Crippen molar-refractivity contribution in [1.29, 1.82) is 0 Å². The SMILES string of the molecule is C=C/C=C\C(=C/C)N1C(=O)/C(=C/c2cc(CC=C)c(OCc3ccc(Cl)cc3)c(OC)c2)C(=O)N=C1SCC(=O)NC(c1ccccc1)c1ccccc1. The summed E-state index contributed by atoms with van der Waals surface area (Å²) in [5.74, 6) is -0.807. The second-order valence-corrected chi connectivity index (χ2v) is 13.3. The van der Waals surface area contributed by atoms with Crippen LogP contribution in [0.5, 0.6) is 11.5 Å². The van der Waals surface area contributed by atoms with Gasteiger partial charge in [-0.25, -0.2) is 0 Å². The van der Waals surface area contributed by atoms with Crippen LogP contribution >= 0.6 is 23.4 Å². The Bertz CT molecular complexity index is 2090. The number of ether oxygens (including phenoxy) is 2. The first kappa shape index (κ1) is 39.3. The third-order valence-electron chi connectivity index (χ3n) is 8.26. The molecule has 1 heterocycles. The van der Waals surface area contributed by atoms with E-state index in [4.69, 9.17) is 21.1 Å². The monoisotopic (exact) mass is 757 g/mol. The molecule has 274 valence electrons. The smallest absolute Gasteiger partial charge is 0.285 e. The molecule has 5 rings (SSSR count). The fraction of sp³-hybridized carbons (Fsp3) is 0.136. The van der Waals surface area contributed by atoms with Crippen molar-refractivity contribution in [2.24, 2.45) is 4.99 Å². The number of aliphatic imine (C=N–C) groups is 1. The van der Waals surface area contributed by atoms with Crippen molar-refractivity contribution in [1.82, 2.24) is 10.2 Å². The highest BCUT2D eigenvalue weighted by molar-refractivity contribution is 8.14. The Labute approximate surface area is 325 Å². The number of carbonyl (C=O) groups is 3. The van der Waals surface area contributed by atoms with Crippen LogP contribution in [-0.2, 0) is 27.4 Å². The van der Waals surface area contributed by atoms with Crippen LogP contribution in [0.3, 0.4) is 0 Å². The molecule has 3 amide bonds. The molecule has 4 aromatic rings. The number of benzene rings is 4. The van der Waals surface area contributed by atoms with Crippen molar-refractivity contribution in [2.45, 2.75) is 26.0 Å². The van der Waals surface area contributed by atoms with E-state index in [-0.39, 0.29) is 29.0 Å². The maximum Gasteiger partial charge on any atom is 0.285 e. The summed E-state index contributed by atoms with van der Waals surface area (Å²) in [5, 5.41) is 3.81. The van der Waals surface area contributed by atoms with Gasteiger partial charge in [0.25, 0.3) is 11.8 Å². The van der Waals surface area contributed by atoms with E-state index in [0.29, 0.717) is 34.2 Å². The highest BCUT2D eigenvalue weighted by atomic mass is 35.5. The van der Waals surface area contributed by atoms with Gasteiger partial charge in [0.15, 0.2) is 16.7 Å². The van der Waals surface area contributed by atoms with Crippen LogP contribution in [0.1, 0.15) is 40.8 Å². The lowest BCUT2D eigenvalue weighted by Gasteiger charge is -2.28. The number of amidine groups is 1. The quantitative estimate of drug-likeness (QED) is 0.0563. The summed E-state index contributed by atoms with van der Waals surface area (Å²) in [4.78, 5) is 47.1. The number of methoxy groups -OCH3 is 1. The summed E-state index contributed by atoms with van der Waals surface area (Å²) < 4.78 is 11.9. The molecule has 1 aliphatic rings. The highest BCUT2D eigenvalue weighted by Crippen LogP contribution is 2.36. The van der Waals surface area contributed by atoms with Crippen molar-refractivity contribution < 1.29 is 23.9 Å². The van der Waals surface area contributed by atoms with Crippen LogP contribution in [0.25, 0.3) is 6.08 Å². The van der Waals surface area contributed by atoms with E-state index in [1.54, 1.807) is 55.5 Å².